The third kappa shape index (κ3) is 4.77. The molecule has 0 unspecified atom stereocenters. The standard InChI is InChI=1S/C20H21F2N3O4S2/c1-20(2,3)12-24(19(26)27)10-13-11-25(31(28,29)15-7-5-9-30-15)17(16(13)21)14-6-4-8-23-18(14)22/h4-9,11H,10,12H2,1-3H3,(H,26,27). The van der Waals surface area contributed by atoms with Gasteiger partial charge in [-0.1, -0.05) is 26.8 Å². The topological polar surface area (TPSA) is 92.5 Å². The van der Waals surface area contributed by atoms with E-state index in [1.165, 1.54) is 24.3 Å². The average molecular weight is 470 g/mol. The number of aromatic nitrogens is 2. The van der Waals surface area contributed by atoms with Gasteiger partial charge in [0, 0.05) is 24.5 Å². The summed E-state index contributed by atoms with van der Waals surface area (Å²) in [5.41, 5.74) is -1.48. The molecule has 0 aliphatic carbocycles. The highest BCUT2D eigenvalue weighted by Crippen LogP contribution is 2.33. The monoisotopic (exact) mass is 469 g/mol. The molecule has 0 aliphatic rings. The highest BCUT2D eigenvalue weighted by Gasteiger charge is 2.31. The maximum atomic E-state index is 15.5. The molecule has 11 heteroatoms. The molecule has 31 heavy (non-hydrogen) atoms. The van der Waals surface area contributed by atoms with Crippen LogP contribution in [0.3, 0.4) is 0 Å². The predicted octanol–water partition coefficient (Wildman–Crippen LogP) is 4.65. The van der Waals surface area contributed by atoms with Crippen molar-refractivity contribution in [1.82, 2.24) is 13.9 Å². The number of amides is 1. The van der Waals surface area contributed by atoms with Crippen LogP contribution in [0, 0.1) is 17.2 Å². The van der Waals surface area contributed by atoms with Crippen molar-refractivity contribution in [2.45, 2.75) is 31.5 Å². The molecule has 3 aromatic heterocycles. The van der Waals surface area contributed by atoms with Crippen LogP contribution in [0.4, 0.5) is 13.6 Å². The minimum atomic E-state index is -4.25. The highest BCUT2D eigenvalue weighted by molar-refractivity contribution is 7.92. The van der Waals surface area contributed by atoms with Crippen molar-refractivity contribution >= 4 is 27.5 Å². The van der Waals surface area contributed by atoms with Gasteiger partial charge in [0.2, 0.25) is 5.95 Å². The summed E-state index contributed by atoms with van der Waals surface area (Å²) in [7, 11) is -4.25. The Balaban J connectivity index is 2.19. The van der Waals surface area contributed by atoms with Crippen molar-refractivity contribution in [1.29, 1.82) is 0 Å². The van der Waals surface area contributed by atoms with Crippen LogP contribution in [0.25, 0.3) is 11.3 Å². The molecule has 0 spiro atoms. The lowest BCUT2D eigenvalue weighted by Crippen LogP contribution is -2.36. The normalized spacial score (nSPS) is 12.2. The van der Waals surface area contributed by atoms with E-state index >= 15 is 4.39 Å². The van der Waals surface area contributed by atoms with Gasteiger partial charge in [-0.2, -0.15) is 12.8 Å². The Morgan fingerprint density at radius 2 is 1.97 bits per heavy atom. The zero-order valence-corrected chi connectivity index (χ0v) is 18.7. The average Bonchev–Trinajstić information content (AvgIpc) is 3.30. The van der Waals surface area contributed by atoms with Gasteiger partial charge < -0.3 is 10.0 Å². The molecule has 7 nitrogen and oxygen atoms in total. The van der Waals surface area contributed by atoms with E-state index in [1.807, 2.05) is 20.8 Å². The minimum absolute atomic E-state index is 0.0654. The number of hydrogen-bond donors (Lipinski definition) is 1. The summed E-state index contributed by atoms with van der Waals surface area (Å²) in [6.45, 7) is 5.15. The van der Waals surface area contributed by atoms with Crippen molar-refractivity contribution < 1.29 is 27.1 Å². The number of rotatable bonds is 6. The fourth-order valence-electron chi connectivity index (χ4n) is 3.09. The smallest absolute Gasteiger partial charge is 0.407 e. The summed E-state index contributed by atoms with van der Waals surface area (Å²) in [6, 6.07) is 5.45. The molecule has 0 fully saturated rings. The lowest BCUT2D eigenvalue weighted by Gasteiger charge is -2.27. The van der Waals surface area contributed by atoms with Crippen LogP contribution in [0.15, 0.2) is 46.2 Å². The molecule has 0 aromatic carbocycles. The molecule has 0 bridgehead atoms. The Kier molecular flexibility index (Phi) is 6.19. The molecular weight excluding hydrogens is 448 g/mol. The highest BCUT2D eigenvalue weighted by atomic mass is 32.2. The predicted molar refractivity (Wildman–Crippen MR) is 112 cm³/mol. The maximum Gasteiger partial charge on any atom is 0.407 e. The van der Waals surface area contributed by atoms with Crippen molar-refractivity contribution in [2.75, 3.05) is 6.54 Å². The zero-order chi connectivity index (χ0) is 23.0. The number of pyridine rings is 1. The largest absolute Gasteiger partial charge is 0.465 e. The fraction of sp³-hybridized carbons (Fsp3) is 0.300. The lowest BCUT2D eigenvalue weighted by atomic mass is 9.96. The first-order valence-electron chi connectivity index (χ1n) is 9.19. The van der Waals surface area contributed by atoms with Crippen LogP contribution in [-0.4, -0.2) is 40.0 Å². The van der Waals surface area contributed by atoms with E-state index in [-0.39, 0.29) is 21.9 Å². The van der Waals surface area contributed by atoms with Gasteiger partial charge in [0.05, 0.1) is 12.1 Å². The van der Waals surface area contributed by atoms with Gasteiger partial charge in [0.25, 0.3) is 10.0 Å². The van der Waals surface area contributed by atoms with Crippen molar-refractivity contribution in [3.8, 4) is 11.3 Å². The maximum absolute atomic E-state index is 15.5. The number of thiophene rings is 1. The van der Waals surface area contributed by atoms with E-state index in [4.69, 9.17) is 0 Å². The molecule has 1 amide bonds. The van der Waals surface area contributed by atoms with Crippen LogP contribution >= 0.6 is 11.3 Å². The quantitative estimate of drug-likeness (QED) is 0.531. The third-order valence-corrected chi connectivity index (χ3v) is 7.34. The van der Waals surface area contributed by atoms with Gasteiger partial charge in [-0.05, 0) is 29.0 Å². The van der Waals surface area contributed by atoms with Crippen LogP contribution in [0.1, 0.15) is 26.3 Å². The van der Waals surface area contributed by atoms with E-state index in [0.717, 1.165) is 28.6 Å². The van der Waals surface area contributed by atoms with Gasteiger partial charge >= 0.3 is 6.09 Å². The molecular formula is C20H21F2N3O4S2. The molecule has 3 rings (SSSR count). The number of hydrogen-bond acceptors (Lipinski definition) is 5. The Hall–Kier alpha value is -2.79. The second kappa shape index (κ2) is 8.39. The van der Waals surface area contributed by atoms with Gasteiger partial charge in [-0.15, -0.1) is 11.3 Å². The van der Waals surface area contributed by atoms with Gasteiger partial charge in [-0.3, -0.25) is 0 Å². The zero-order valence-electron chi connectivity index (χ0n) is 17.0. The van der Waals surface area contributed by atoms with Crippen LogP contribution in [-0.2, 0) is 16.6 Å². The van der Waals surface area contributed by atoms with Crippen molar-refractivity contribution in [3.63, 3.8) is 0 Å². The van der Waals surface area contributed by atoms with Gasteiger partial charge in [-0.25, -0.2) is 18.1 Å². The first kappa shape index (κ1) is 22.9. The Labute approximate surface area is 182 Å². The van der Waals surface area contributed by atoms with E-state index in [1.54, 1.807) is 5.38 Å². The number of halogens is 2. The van der Waals surface area contributed by atoms with Crippen molar-refractivity contribution in [3.05, 3.63) is 59.4 Å². The van der Waals surface area contributed by atoms with E-state index in [0.29, 0.717) is 3.97 Å². The molecule has 3 aromatic rings. The first-order chi connectivity index (χ1) is 14.4. The lowest BCUT2D eigenvalue weighted by molar-refractivity contribution is 0.122. The Morgan fingerprint density at radius 1 is 1.26 bits per heavy atom. The number of carboxylic acid groups (broad SMARTS) is 1. The van der Waals surface area contributed by atoms with Gasteiger partial charge in [0.1, 0.15) is 9.90 Å². The number of carbonyl (C=O) groups is 1. The van der Waals surface area contributed by atoms with Crippen LogP contribution in [0.5, 0.6) is 0 Å². The second-order valence-electron chi connectivity index (χ2n) is 8.09. The van der Waals surface area contributed by atoms with Crippen LogP contribution < -0.4 is 0 Å². The van der Waals surface area contributed by atoms with E-state index < -0.39 is 45.5 Å². The van der Waals surface area contributed by atoms with Crippen molar-refractivity contribution in [2.24, 2.45) is 5.41 Å². The van der Waals surface area contributed by atoms with E-state index in [9.17, 15) is 22.7 Å². The molecule has 0 saturated heterocycles. The Bertz CT molecular complexity index is 1200. The summed E-state index contributed by atoms with van der Waals surface area (Å²) in [6.07, 6.45) is 0.885. The summed E-state index contributed by atoms with van der Waals surface area (Å²) in [5.74, 6) is -2.06. The Morgan fingerprint density at radius 3 is 2.52 bits per heavy atom. The second-order valence-corrected chi connectivity index (χ2v) is 11.1. The first-order valence-corrected chi connectivity index (χ1v) is 11.5. The summed E-state index contributed by atoms with van der Waals surface area (Å²) < 4.78 is 56.8. The molecule has 0 atom stereocenters. The fourth-order valence-corrected chi connectivity index (χ4v) is 5.56. The molecule has 0 radical (unpaired) electrons. The molecule has 1 N–H and O–H groups in total. The molecule has 0 saturated carbocycles. The molecule has 166 valence electrons. The summed E-state index contributed by atoms with van der Waals surface area (Å²) in [4.78, 5) is 16.2. The van der Waals surface area contributed by atoms with E-state index in [2.05, 4.69) is 4.98 Å². The third-order valence-electron chi connectivity index (χ3n) is 4.30. The molecule has 3 heterocycles. The van der Waals surface area contributed by atoms with Gasteiger partial charge in [0.15, 0.2) is 5.82 Å². The summed E-state index contributed by atoms with van der Waals surface area (Å²) in [5, 5.41) is 11.1. The van der Waals surface area contributed by atoms with Crippen LogP contribution in [0.2, 0.25) is 0 Å². The SMILES string of the molecule is CC(C)(C)CN(Cc1cn(S(=O)(=O)c2cccs2)c(-c2cccnc2F)c1F)C(=O)O. The molecule has 0 aliphatic heterocycles. The minimum Gasteiger partial charge on any atom is -0.465 e. The summed E-state index contributed by atoms with van der Waals surface area (Å²) >= 11 is 0.929. The number of nitrogens with zero attached hydrogens (tertiary/aromatic N) is 3.